The second-order valence-corrected chi connectivity index (χ2v) is 4.95. The molecule has 0 radical (unpaired) electrons. The summed E-state index contributed by atoms with van der Waals surface area (Å²) in [5, 5.41) is 8.65. The van der Waals surface area contributed by atoms with Crippen molar-refractivity contribution in [2.24, 2.45) is 5.92 Å². The molecule has 0 aliphatic heterocycles. The maximum atomic E-state index is 10.5. The number of nitrogens with zero attached hydrogens (tertiary/aromatic N) is 1. The van der Waals surface area contributed by atoms with Gasteiger partial charge in [-0.3, -0.25) is 9.69 Å². The lowest BCUT2D eigenvalue weighted by molar-refractivity contribution is -0.137. The minimum Gasteiger partial charge on any atom is -0.481 e. The van der Waals surface area contributed by atoms with Gasteiger partial charge in [0.2, 0.25) is 0 Å². The highest BCUT2D eigenvalue weighted by Gasteiger charge is 2.28. The van der Waals surface area contributed by atoms with Crippen LogP contribution in [0.3, 0.4) is 0 Å². The molecule has 1 N–H and O–H groups in total. The van der Waals surface area contributed by atoms with E-state index in [1.54, 1.807) is 0 Å². The molecule has 0 amide bonds. The fraction of sp³-hybridized carbons (Fsp3) is 0.917. The molecule has 0 heterocycles. The summed E-state index contributed by atoms with van der Waals surface area (Å²) >= 11 is 0. The zero-order valence-corrected chi connectivity index (χ0v) is 9.91. The molecule has 0 spiro atoms. The van der Waals surface area contributed by atoms with Crippen molar-refractivity contribution in [3.63, 3.8) is 0 Å². The standard InChI is InChI=1S/C12H23NO2/c1-10(2)4-3-8-13(11-5-6-11)9-7-12(14)15/h10-11H,3-9H2,1-2H3,(H,14,15). The van der Waals surface area contributed by atoms with E-state index in [1.165, 1.54) is 25.7 Å². The van der Waals surface area contributed by atoms with Crippen LogP contribution in [0.5, 0.6) is 0 Å². The van der Waals surface area contributed by atoms with Gasteiger partial charge in [0.15, 0.2) is 0 Å². The van der Waals surface area contributed by atoms with Gasteiger partial charge in [-0.05, 0) is 38.1 Å². The molecule has 15 heavy (non-hydrogen) atoms. The van der Waals surface area contributed by atoms with E-state index in [-0.39, 0.29) is 6.42 Å². The third-order valence-electron chi connectivity index (χ3n) is 2.90. The van der Waals surface area contributed by atoms with Crippen molar-refractivity contribution >= 4 is 5.97 Å². The summed E-state index contributed by atoms with van der Waals surface area (Å²) in [6.45, 7) is 6.28. The fourth-order valence-corrected chi connectivity index (χ4v) is 1.86. The van der Waals surface area contributed by atoms with Crippen LogP contribution in [0, 0.1) is 5.92 Å². The lowest BCUT2D eigenvalue weighted by Gasteiger charge is -2.21. The summed E-state index contributed by atoms with van der Waals surface area (Å²) in [6, 6.07) is 0.691. The third-order valence-corrected chi connectivity index (χ3v) is 2.90. The van der Waals surface area contributed by atoms with Crippen LogP contribution in [0.15, 0.2) is 0 Å². The minimum atomic E-state index is -0.676. The van der Waals surface area contributed by atoms with Crippen molar-refractivity contribution in [3.05, 3.63) is 0 Å². The minimum absolute atomic E-state index is 0.290. The largest absolute Gasteiger partial charge is 0.481 e. The Labute approximate surface area is 92.5 Å². The van der Waals surface area contributed by atoms with Crippen LogP contribution in [0.4, 0.5) is 0 Å². The molecule has 88 valence electrons. The molecular formula is C12H23NO2. The van der Waals surface area contributed by atoms with E-state index in [0.29, 0.717) is 6.04 Å². The molecule has 1 fully saturated rings. The van der Waals surface area contributed by atoms with E-state index in [1.807, 2.05) is 0 Å². The van der Waals surface area contributed by atoms with Crippen molar-refractivity contribution < 1.29 is 9.90 Å². The lowest BCUT2D eigenvalue weighted by atomic mass is 10.1. The molecule has 0 aromatic rings. The van der Waals surface area contributed by atoms with Gasteiger partial charge < -0.3 is 5.11 Å². The molecular weight excluding hydrogens is 190 g/mol. The number of carboxylic acid groups (broad SMARTS) is 1. The number of aliphatic carboxylic acids is 1. The topological polar surface area (TPSA) is 40.5 Å². The number of rotatable bonds is 8. The highest BCUT2D eigenvalue weighted by Crippen LogP contribution is 2.27. The zero-order valence-electron chi connectivity index (χ0n) is 9.91. The predicted molar refractivity (Wildman–Crippen MR) is 60.9 cm³/mol. The first-order valence-electron chi connectivity index (χ1n) is 6.05. The lowest BCUT2D eigenvalue weighted by Crippen LogP contribution is -2.29. The first-order valence-corrected chi connectivity index (χ1v) is 6.05. The highest BCUT2D eigenvalue weighted by atomic mass is 16.4. The molecule has 3 heteroatoms. The second kappa shape index (κ2) is 6.11. The van der Waals surface area contributed by atoms with Crippen LogP contribution in [0.2, 0.25) is 0 Å². The number of hydrogen-bond donors (Lipinski definition) is 1. The molecule has 0 atom stereocenters. The Hall–Kier alpha value is -0.570. The number of carbonyl (C=O) groups is 1. The highest BCUT2D eigenvalue weighted by molar-refractivity contribution is 5.66. The second-order valence-electron chi connectivity index (χ2n) is 4.95. The molecule has 0 bridgehead atoms. The van der Waals surface area contributed by atoms with Crippen LogP contribution in [-0.4, -0.2) is 35.1 Å². The summed E-state index contributed by atoms with van der Waals surface area (Å²) in [5.74, 6) is 0.0787. The Balaban J connectivity index is 2.15. The SMILES string of the molecule is CC(C)CCCN(CCC(=O)O)C1CC1. The Morgan fingerprint density at radius 3 is 2.53 bits per heavy atom. The van der Waals surface area contributed by atoms with Crippen molar-refractivity contribution in [3.8, 4) is 0 Å². The first-order chi connectivity index (χ1) is 7.09. The molecule has 1 aliphatic carbocycles. The van der Waals surface area contributed by atoms with Gasteiger partial charge in [0.25, 0.3) is 0 Å². The van der Waals surface area contributed by atoms with Crippen LogP contribution < -0.4 is 0 Å². The van der Waals surface area contributed by atoms with Crippen LogP contribution >= 0.6 is 0 Å². The van der Waals surface area contributed by atoms with Gasteiger partial charge in [-0.25, -0.2) is 0 Å². The molecule has 0 unspecified atom stereocenters. The monoisotopic (exact) mass is 213 g/mol. The van der Waals surface area contributed by atoms with Crippen molar-refractivity contribution in [2.75, 3.05) is 13.1 Å². The molecule has 0 saturated heterocycles. The molecule has 0 aromatic carbocycles. The van der Waals surface area contributed by atoms with Crippen LogP contribution in [0.25, 0.3) is 0 Å². The van der Waals surface area contributed by atoms with Gasteiger partial charge in [0.1, 0.15) is 0 Å². The summed E-state index contributed by atoms with van der Waals surface area (Å²) in [6.07, 6.45) is 5.27. The third kappa shape index (κ3) is 5.78. The van der Waals surface area contributed by atoms with Crippen LogP contribution in [0.1, 0.15) is 46.0 Å². The summed E-state index contributed by atoms with van der Waals surface area (Å²) in [5.41, 5.74) is 0. The van der Waals surface area contributed by atoms with E-state index in [9.17, 15) is 4.79 Å². The van der Waals surface area contributed by atoms with E-state index >= 15 is 0 Å². The van der Waals surface area contributed by atoms with Crippen molar-refractivity contribution in [1.29, 1.82) is 0 Å². The van der Waals surface area contributed by atoms with E-state index in [0.717, 1.165) is 19.0 Å². The van der Waals surface area contributed by atoms with Gasteiger partial charge in [-0.2, -0.15) is 0 Å². The maximum absolute atomic E-state index is 10.5. The van der Waals surface area contributed by atoms with Gasteiger partial charge >= 0.3 is 5.97 Å². The van der Waals surface area contributed by atoms with E-state index < -0.39 is 5.97 Å². The number of carboxylic acids is 1. The Morgan fingerprint density at radius 2 is 2.07 bits per heavy atom. The summed E-state index contributed by atoms with van der Waals surface area (Å²) in [4.78, 5) is 12.9. The molecule has 0 aromatic heterocycles. The quantitative estimate of drug-likeness (QED) is 0.673. The average molecular weight is 213 g/mol. The van der Waals surface area contributed by atoms with E-state index in [2.05, 4.69) is 18.7 Å². The van der Waals surface area contributed by atoms with Gasteiger partial charge in [-0.15, -0.1) is 0 Å². The molecule has 1 saturated carbocycles. The molecule has 3 nitrogen and oxygen atoms in total. The van der Waals surface area contributed by atoms with Crippen molar-refractivity contribution in [1.82, 2.24) is 4.90 Å². The Morgan fingerprint density at radius 1 is 1.40 bits per heavy atom. The summed E-state index contributed by atoms with van der Waals surface area (Å²) in [7, 11) is 0. The predicted octanol–water partition coefficient (Wildman–Crippen LogP) is 2.36. The van der Waals surface area contributed by atoms with Gasteiger partial charge in [0, 0.05) is 12.6 Å². The maximum Gasteiger partial charge on any atom is 0.304 e. The number of hydrogen-bond acceptors (Lipinski definition) is 2. The zero-order chi connectivity index (χ0) is 11.3. The Kier molecular flexibility index (Phi) is 5.09. The molecule has 1 aliphatic rings. The summed E-state index contributed by atoms with van der Waals surface area (Å²) < 4.78 is 0. The Bertz CT molecular complexity index is 200. The fourth-order valence-electron chi connectivity index (χ4n) is 1.86. The molecule has 1 rings (SSSR count). The normalized spacial score (nSPS) is 16.3. The first kappa shape index (κ1) is 12.5. The van der Waals surface area contributed by atoms with Crippen LogP contribution in [-0.2, 0) is 4.79 Å². The van der Waals surface area contributed by atoms with E-state index in [4.69, 9.17) is 5.11 Å². The van der Waals surface area contributed by atoms with Crippen molar-refractivity contribution in [2.45, 2.75) is 52.0 Å². The van der Waals surface area contributed by atoms with Gasteiger partial charge in [0.05, 0.1) is 6.42 Å². The average Bonchev–Trinajstić information content (AvgIpc) is 2.93. The smallest absolute Gasteiger partial charge is 0.304 e. The van der Waals surface area contributed by atoms with Gasteiger partial charge in [-0.1, -0.05) is 13.8 Å².